The first-order valence-corrected chi connectivity index (χ1v) is 11.6. The summed E-state index contributed by atoms with van der Waals surface area (Å²) < 4.78 is 19.1. The number of H-pyrrole nitrogens is 1. The van der Waals surface area contributed by atoms with E-state index in [-0.39, 0.29) is 22.6 Å². The number of hydrogen-bond acceptors (Lipinski definition) is 7. The van der Waals surface area contributed by atoms with E-state index in [0.717, 1.165) is 29.4 Å². The van der Waals surface area contributed by atoms with Crippen LogP contribution in [0.15, 0.2) is 59.8 Å². The smallest absolute Gasteiger partial charge is 0.262 e. The summed E-state index contributed by atoms with van der Waals surface area (Å²) in [5.74, 6) is 0.747. The Kier molecular flexibility index (Phi) is 5.21. The van der Waals surface area contributed by atoms with E-state index >= 15 is 4.39 Å². The van der Waals surface area contributed by atoms with E-state index in [1.54, 1.807) is 18.3 Å². The number of aryl methyl sites for hydroxylation is 2. The third kappa shape index (κ3) is 3.97. The lowest BCUT2D eigenvalue weighted by Crippen LogP contribution is -2.29. The molecule has 6 rings (SSSR count). The number of imidazole rings is 1. The van der Waals surface area contributed by atoms with Crippen LogP contribution in [0.2, 0.25) is 0 Å². The Morgan fingerprint density at radius 2 is 2.08 bits per heavy atom. The van der Waals surface area contributed by atoms with Crippen molar-refractivity contribution >= 4 is 39.8 Å². The van der Waals surface area contributed by atoms with Crippen molar-refractivity contribution in [2.75, 3.05) is 23.0 Å². The van der Waals surface area contributed by atoms with Gasteiger partial charge >= 0.3 is 0 Å². The molecule has 0 unspecified atom stereocenters. The van der Waals surface area contributed by atoms with Crippen LogP contribution in [0.5, 0.6) is 0 Å². The van der Waals surface area contributed by atoms with Crippen LogP contribution in [0.1, 0.15) is 21.9 Å². The maximum atomic E-state index is 15.1. The zero-order valence-electron chi connectivity index (χ0n) is 19.8. The molecule has 5 heterocycles. The molecule has 12 heteroatoms. The number of carbonyl (C=O) groups excluding carboxylic acids is 1. The van der Waals surface area contributed by atoms with Gasteiger partial charge in [0.2, 0.25) is 5.56 Å². The molecule has 4 N–H and O–H groups in total. The Morgan fingerprint density at radius 3 is 2.92 bits per heavy atom. The molecule has 37 heavy (non-hydrogen) atoms. The van der Waals surface area contributed by atoms with Crippen molar-refractivity contribution in [2.45, 2.75) is 19.5 Å². The van der Waals surface area contributed by atoms with Gasteiger partial charge in [0, 0.05) is 61.8 Å². The lowest BCUT2D eigenvalue weighted by molar-refractivity contribution is 0.0988. The molecule has 0 atom stereocenters. The van der Waals surface area contributed by atoms with Gasteiger partial charge in [-0.1, -0.05) is 6.07 Å². The van der Waals surface area contributed by atoms with Crippen molar-refractivity contribution in [2.24, 2.45) is 0 Å². The number of amides is 1. The summed E-state index contributed by atoms with van der Waals surface area (Å²) in [6.45, 7) is 1.39. The lowest BCUT2D eigenvalue weighted by atomic mass is 10.0. The first kappa shape index (κ1) is 22.5. The zero-order valence-corrected chi connectivity index (χ0v) is 19.8. The van der Waals surface area contributed by atoms with Crippen molar-refractivity contribution in [1.29, 1.82) is 0 Å². The van der Waals surface area contributed by atoms with Gasteiger partial charge in [0.15, 0.2) is 11.6 Å². The summed E-state index contributed by atoms with van der Waals surface area (Å²) >= 11 is 0. The number of fused-ring (bicyclic) bond motifs is 3. The van der Waals surface area contributed by atoms with Gasteiger partial charge in [0.25, 0.3) is 5.91 Å². The summed E-state index contributed by atoms with van der Waals surface area (Å²) in [7, 11) is 1.45. The summed E-state index contributed by atoms with van der Waals surface area (Å²) in [4.78, 5) is 37.2. The van der Waals surface area contributed by atoms with E-state index in [4.69, 9.17) is 5.73 Å². The second-order valence-corrected chi connectivity index (χ2v) is 8.80. The molecule has 0 radical (unpaired) electrons. The molecule has 11 nitrogen and oxygen atoms in total. The molecule has 0 bridgehead atoms. The van der Waals surface area contributed by atoms with Gasteiger partial charge in [-0.3, -0.25) is 19.2 Å². The van der Waals surface area contributed by atoms with Crippen molar-refractivity contribution in [3.05, 3.63) is 88.2 Å². The molecule has 1 aliphatic heterocycles. The fourth-order valence-corrected chi connectivity index (χ4v) is 4.49. The van der Waals surface area contributed by atoms with Crippen molar-refractivity contribution < 1.29 is 9.18 Å². The van der Waals surface area contributed by atoms with Crippen LogP contribution in [0.3, 0.4) is 0 Å². The molecule has 0 spiro atoms. The fraction of sp³-hybridized carbons (Fsp3) is 0.160. The van der Waals surface area contributed by atoms with E-state index in [9.17, 15) is 9.59 Å². The van der Waals surface area contributed by atoms with E-state index in [1.165, 1.54) is 31.4 Å². The van der Waals surface area contributed by atoms with E-state index in [2.05, 4.69) is 29.9 Å². The number of nitrogens with two attached hydrogens (primary N) is 1. The minimum absolute atomic E-state index is 0.181. The van der Waals surface area contributed by atoms with Crippen LogP contribution in [-0.2, 0) is 19.5 Å². The van der Waals surface area contributed by atoms with Gasteiger partial charge in [-0.15, -0.1) is 0 Å². The molecule has 1 aromatic carbocycles. The van der Waals surface area contributed by atoms with Crippen molar-refractivity contribution in [3.63, 3.8) is 0 Å². The average molecular weight is 500 g/mol. The summed E-state index contributed by atoms with van der Waals surface area (Å²) in [5, 5.41) is 8.74. The van der Waals surface area contributed by atoms with Gasteiger partial charge in [-0.05, 0) is 23.6 Å². The highest BCUT2D eigenvalue weighted by Crippen LogP contribution is 2.30. The molecule has 0 saturated heterocycles. The lowest BCUT2D eigenvalue weighted by Gasteiger charge is -2.18. The number of nitrogens with one attached hydrogen (secondary N) is 2. The second-order valence-electron chi connectivity index (χ2n) is 8.80. The molecule has 0 fully saturated rings. The first-order valence-electron chi connectivity index (χ1n) is 11.6. The topological polar surface area (TPSA) is 140 Å². The normalized spacial score (nSPS) is 12.6. The summed E-state index contributed by atoms with van der Waals surface area (Å²) in [6, 6.07) is 9.45. The summed E-state index contributed by atoms with van der Waals surface area (Å²) in [5.41, 5.74) is 6.33. The monoisotopic (exact) mass is 499 g/mol. The zero-order chi connectivity index (χ0) is 25.7. The molecule has 1 aliphatic rings. The predicted molar refractivity (Wildman–Crippen MR) is 136 cm³/mol. The van der Waals surface area contributed by atoms with Crippen LogP contribution in [0.25, 0.3) is 10.8 Å². The highest BCUT2D eigenvalue weighted by atomic mass is 19.1. The standard InChI is InChI=1S/C25H22FN9O2/c1-33(20-3-2-4-22(36)31-20)25(37)16-9-14-10-18(29-12-17(14)24(27)23(16)26)30-19-11-15-5-7-34-8-6-28-21(34)13-35(15)32-19/h2-4,6,8-12H,5,7,13,27H2,1H3,(H,31,36)(H,29,30,32). The maximum absolute atomic E-state index is 15.1. The van der Waals surface area contributed by atoms with Crippen molar-refractivity contribution in [3.8, 4) is 0 Å². The van der Waals surface area contributed by atoms with E-state index in [0.29, 0.717) is 29.0 Å². The van der Waals surface area contributed by atoms with Gasteiger partial charge in [0.1, 0.15) is 17.5 Å². The molecular weight excluding hydrogens is 477 g/mol. The van der Waals surface area contributed by atoms with Crippen LogP contribution in [0.4, 0.5) is 27.5 Å². The number of anilines is 4. The molecule has 4 aromatic heterocycles. The van der Waals surface area contributed by atoms with Gasteiger partial charge < -0.3 is 20.6 Å². The Balaban J connectivity index is 1.31. The van der Waals surface area contributed by atoms with Crippen LogP contribution in [0, 0.1) is 5.82 Å². The minimum atomic E-state index is -0.846. The largest absolute Gasteiger partial charge is 0.396 e. The Labute approximate surface area is 209 Å². The Morgan fingerprint density at radius 1 is 1.22 bits per heavy atom. The number of aromatic nitrogens is 6. The van der Waals surface area contributed by atoms with Crippen LogP contribution < -0.4 is 21.5 Å². The number of hydrogen-bond donors (Lipinski definition) is 3. The second kappa shape index (κ2) is 8.59. The number of pyridine rings is 2. The molecule has 5 aromatic rings. The number of benzene rings is 1. The highest BCUT2D eigenvalue weighted by molar-refractivity contribution is 6.09. The van der Waals surface area contributed by atoms with Gasteiger partial charge in [-0.2, -0.15) is 5.10 Å². The number of nitrogens with zero attached hydrogens (tertiary/aromatic N) is 6. The third-order valence-electron chi connectivity index (χ3n) is 6.47. The minimum Gasteiger partial charge on any atom is -0.396 e. The molecule has 0 aliphatic carbocycles. The Bertz CT molecular complexity index is 1740. The highest BCUT2D eigenvalue weighted by Gasteiger charge is 2.22. The third-order valence-corrected chi connectivity index (χ3v) is 6.47. The average Bonchev–Trinajstić information content (AvgIpc) is 3.46. The molecule has 1 amide bonds. The Hall–Kier alpha value is -5.00. The fourth-order valence-electron chi connectivity index (χ4n) is 4.49. The number of aromatic amines is 1. The van der Waals surface area contributed by atoms with Crippen molar-refractivity contribution in [1.82, 2.24) is 29.3 Å². The van der Waals surface area contributed by atoms with Crippen LogP contribution >= 0.6 is 0 Å². The molecule has 0 saturated carbocycles. The number of halogens is 1. The van der Waals surface area contributed by atoms with E-state index in [1.807, 2.05) is 16.9 Å². The summed E-state index contributed by atoms with van der Waals surface area (Å²) in [6.07, 6.45) is 6.02. The quantitative estimate of drug-likeness (QED) is 0.323. The SMILES string of the molecule is CN(C(=O)c1cc2cc(Nc3cc4n(n3)Cc3nccn3CC4)ncc2c(N)c1F)c1cccc(=O)[nH]1. The van der Waals surface area contributed by atoms with Gasteiger partial charge in [-0.25, -0.2) is 14.4 Å². The predicted octanol–water partition coefficient (Wildman–Crippen LogP) is 2.66. The van der Waals surface area contributed by atoms with Crippen LogP contribution in [-0.4, -0.2) is 42.3 Å². The number of carbonyl (C=O) groups is 1. The number of rotatable bonds is 4. The number of nitrogen functional groups attached to an aromatic ring is 1. The first-order chi connectivity index (χ1) is 17.9. The molecule has 186 valence electrons. The maximum Gasteiger partial charge on any atom is 0.262 e. The molecular formula is C25H22FN9O2. The van der Waals surface area contributed by atoms with E-state index < -0.39 is 11.7 Å². The van der Waals surface area contributed by atoms with Gasteiger partial charge in [0.05, 0.1) is 17.8 Å².